The molecule has 37 heavy (non-hydrogen) atoms. The molecule has 3 aromatic carbocycles. The molecule has 3 rings (SSSR count). The largest absolute Gasteiger partial charge is 0.489 e. The number of carboxylic acids is 1. The van der Waals surface area contributed by atoms with Crippen LogP contribution in [0.3, 0.4) is 0 Å². The maximum atomic E-state index is 13.9. The summed E-state index contributed by atoms with van der Waals surface area (Å²) in [5.74, 6) is -2.34. The Labute approximate surface area is 214 Å². The van der Waals surface area contributed by atoms with Crippen LogP contribution < -0.4 is 10.1 Å². The van der Waals surface area contributed by atoms with E-state index in [0.29, 0.717) is 34.4 Å². The van der Waals surface area contributed by atoms with E-state index in [1.54, 1.807) is 42.5 Å². The lowest BCUT2D eigenvalue weighted by Crippen LogP contribution is -2.30. The second kappa shape index (κ2) is 12.6. The van der Waals surface area contributed by atoms with Crippen LogP contribution in [0, 0.1) is 28.9 Å². The number of aryl methyl sites for hydroxylation is 1. The highest BCUT2D eigenvalue weighted by Gasteiger charge is 2.21. The van der Waals surface area contributed by atoms with E-state index in [4.69, 9.17) is 15.1 Å². The Bertz CT molecular complexity index is 1300. The van der Waals surface area contributed by atoms with Crippen molar-refractivity contribution in [2.45, 2.75) is 45.8 Å². The van der Waals surface area contributed by atoms with Gasteiger partial charge in [0.2, 0.25) is 0 Å². The first-order chi connectivity index (χ1) is 17.6. The summed E-state index contributed by atoms with van der Waals surface area (Å²) >= 11 is 0. The lowest BCUT2D eigenvalue weighted by molar-refractivity contribution is -0.136. The zero-order valence-electron chi connectivity index (χ0n) is 20.6. The Morgan fingerprint density at radius 1 is 1.05 bits per heavy atom. The molecule has 3 aromatic rings. The molecule has 8 heteroatoms. The number of carbonyl (C=O) groups excluding carboxylic acids is 1. The molecule has 1 unspecified atom stereocenters. The van der Waals surface area contributed by atoms with Crippen molar-refractivity contribution in [3.8, 4) is 11.8 Å². The van der Waals surface area contributed by atoms with Crippen LogP contribution in [0.25, 0.3) is 0 Å². The maximum Gasteiger partial charge on any atom is 0.303 e. The summed E-state index contributed by atoms with van der Waals surface area (Å²) in [6, 6.07) is 16.3. The number of nitrogens with zero attached hydrogens (tertiary/aromatic N) is 1. The second-order valence-electron chi connectivity index (χ2n) is 9.17. The van der Waals surface area contributed by atoms with Gasteiger partial charge >= 0.3 is 5.97 Å². The lowest BCUT2D eigenvalue weighted by atomic mass is 9.95. The van der Waals surface area contributed by atoms with Gasteiger partial charge in [-0.05, 0) is 71.8 Å². The number of rotatable bonds is 11. The molecule has 0 aliphatic carbocycles. The number of amides is 1. The first-order valence-corrected chi connectivity index (χ1v) is 11.9. The fourth-order valence-electron chi connectivity index (χ4n) is 3.97. The Balaban J connectivity index is 1.89. The van der Waals surface area contributed by atoms with E-state index in [1.165, 1.54) is 12.1 Å². The van der Waals surface area contributed by atoms with Crippen LogP contribution in [0.5, 0.6) is 5.75 Å². The minimum atomic E-state index is -0.996. The van der Waals surface area contributed by atoms with E-state index >= 15 is 0 Å². The van der Waals surface area contributed by atoms with Gasteiger partial charge in [0.15, 0.2) is 0 Å². The monoisotopic (exact) mass is 506 g/mol. The number of carboxylic acid groups (broad SMARTS) is 1. The van der Waals surface area contributed by atoms with Crippen LogP contribution in [0.2, 0.25) is 0 Å². The van der Waals surface area contributed by atoms with E-state index in [-0.39, 0.29) is 30.9 Å². The van der Waals surface area contributed by atoms with E-state index in [1.807, 2.05) is 19.9 Å². The van der Waals surface area contributed by atoms with Crippen molar-refractivity contribution in [1.29, 1.82) is 5.26 Å². The van der Waals surface area contributed by atoms with Gasteiger partial charge in [0.25, 0.3) is 5.91 Å². The standard InChI is InChI=1S/C29H28F2N2O4/c1-18(2)10-27(22-13-23(30)15-24(31)14-22)33-29(36)26-12-20(6-7-21(26)8-9-28(34)35)17-37-25-5-3-4-19(11-25)16-32/h3-7,11-15,18,27H,8-10,17H2,1-2H3,(H,33,36)(H,34,35). The first-order valence-electron chi connectivity index (χ1n) is 11.9. The molecule has 0 radical (unpaired) electrons. The minimum Gasteiger partial charge on any atom is -0.489 e. The van der Waals surface area contributed by atoms with E-state index in [9.17, 15) is 18.4 Å². The fraction of sp³-hybridized carbons (Fsp3) is 0.276. The van der Waals surface area contributed by atoms with E-state index < -0.39 is 29.6 Å². The highest BCUT2D eigenvalue weighted by atomic mass is 19.1. The van der Waals surface area contributed by atoms with Crippen molar-refractivity contribution in [2.24, 2.45) is 5.92 Å². The molecule has 1 atom stereocenters. The number of benzene rings is 3. The number of hydrogen-bond acceptors (Lipinski definition) is 4. The molecule has 2 N–H and O–H groups in total. The Kier molecular flexibility index (Phi) is 9.33. The first kappa shape index (κ1) is 27.3. The van der Waals surface area contributed by atoms with E-state index in [0.717, 1.165) is 6.07 Å². The van der Waals surface area contributed by atoms with Crippen LogP contribution in [-0.4, -0.2) is 17.0 Å². The fourth-order valence-corrected chi connectivity index (χ4v) is 3.97. The summed E-state index contributed by atoms with van der Waals surface area (Å²) in [7, 11) is 0. The number of aliphatic carboxylic acids is 1. The number of carbonyl (C=O) groups is 2. The Morgan fingerprint density at radius 2 is 1.78 bits per heavy atom. The molecule has 0 fully saturated rings. The molecule has 0 saturated heterocycles. The number of nitriles is 1. The van der Waals surface area contributed by atoms with Crippen LogP contribution in [0.15, 0.2) is 60.7 Å². The van der Waals surface area contributed by atoms with Crippen molar-refractivity contribution in [3.05, 3.63) is 100 Å². The van der Waals surface area contributed by atoms with Gasteiger partial charge in [0.05, 0.1) is 17.7 Å². The topological polar surface area (TPSA) is 99.4 Å². The molecular formula is C29H28F2N2O4. The highest BCUT2D eigenvalue weighted by molar-refractivity contribution is 5.96. The third-order valence-electron chi connectivity index (χ3n) is 5.70. The van der Waals surface area contributed by atoms with Crippen LogP contribution in [-0.2, 0) is 17.8 Å². The molecule has 0 spiro atoms. The van der Waals surface area contributed by atoms with Gasteiger partial charge in [-0.15, -0.1) is 0 Å². The summed E-state index contributed by atoms with van der Waals surface area (Å²) in [6.45, 7) is 3.98. The summed E-state index contributed by atoms with van der Waals surface area (Å²) in [6.07, 6.45) is 0.408. The molecule has 0 bridgehead atoms. The van der Waals surface area contributed by atoms with Gasteiger partial charge < -0.3 is 15.2 Å². The maximum absolute atomic E-state index is 13.9. The molecular weight excluding hydrogens is 478 g/mol. The van der Waals surface area contributed by atoms with Gasteiger partial charge in [-0.2, -0.15) is 5.26 Å². The van der Waals surface area contributed by atoms with Gasteiger partial charge in [-0.1, -0.05) is 32.0 Å². The molecule has 0 heterocycles. The van der Waals surface area contributed by atoms with Crippen LogP contribution >= 0.6 is 0 Å². The molecule has 0 aliphatic rings. The second-order valence-corrected chi connectivity index (χ2v) is 9.17. The Hall–Kier alpha value is -4.25. The summed E-state index contributed by atoms with van der Waals surface area (Å²) in [5.41, 5.74) is 2.21. The molecule has 1 amide bonds. The average molecular weight is 507 g/mol. The van der Waals surface area contributed by atoms with Crippen molar-refractivity contribution >= 4 is 11.9 Å². The Morgan fingerprint density at radius 3 is 2.43 bits per heavy atom. The molecule has 0 aliphatic heterocycles. The third kappa shape index (κ3) is 8.14. The van der Waals surface area contributed by atoms with Crippen LogP contribution in [0.4, 0.5) is 8.78 Å². The SMILES string of the molecule is CC(C)CC(NC(=O)c1cc(COc2cccc(C#N)c2)ccc1CCC(=O)O)c1cc(F)cc(F)c1. The molecule has 0 aromatic heterocycles. The predicted octanol–water partition coefficient (Wildman–Crippen LogP) is 5.95. The zero-order chi connectivity index (χ0) is 26.9. The summed E-state index contributed by atoms with van der Waals surface area (Å²) in [5, 5.41) is 21.1. The zero-order valence-corrected chi connectivity index (χ0v) is 20.6. The third-order valence-corrected chi connectivity index (χ3v) is 5.70. The minimum absolute atomic E-state index is 0.110. The average Bonchev–Trinajstić information content (AvgIpc) is 2.85. The van der Waals surface area contributed by atoms with Gasteiger partial charge in [0.1, 0.15) is 24.0 Å². The van der Waals surface area contributed by atoms with Crippen molar-refractivity contribution in [3.63, 3.8) is 0 Å². The summed E-state index contributed by atoms with van der Waals surface area (Å²) < 4.78 is 33.6. The van der Waals surface area contributed by atoms with Gasteiger partial charge in [0, 0.05) is 18.1 Å². The molecule has 192 valence electrons. The lowest BCUT2D eigenvalue weighted by Gasteiger charge is -2.22. The van der Waals surface area contributed by atoms with E-state index in [2.05, 4.69) is 5.32 Å². The van der Waals surface area contributed by atoms with Crippen molar-refractivity contribution < 1.29 is 28.2 Å². The number of hydrogen-bond donors (Lipinski definition) is 2. The normalized spacial score (nSPS) is 11.6. The van der Waals surface area contributed by atoms with Gasteiger partial charge in [-0.25, -0.2) is 8.78 Å². The van der Waals surface area contributed by atoms with Crippen LogP contribution in [0.1, 0.15) is 65.3 Å². The smallest absolute Gasteiger partial charge is 0.303 e. The van der Waals surface area contributed by atoms with Crippen molar-refractivity contribution in [1.82, 2.24) is 5.32 Å². The van der Waals surface area contributed by atoms with Gasteiger partial charge in [-0.3, -0.25) is 9.59 Å². The van der Waals surface area contributed by atoms with Crippen molar-refractivity contribution in [2.75, 3.05) is 0 Å². The highest BCUT2D eigenvalue weighted by Crippen LogP contribution is 2.25. The summed E-state index contributed by atoms with van der Waals surface area (Å²) in [4.78, 5) is 24.6. The number of halogens is 2. The quantitative estimate of drug-likeness (QED) is 0.335. The number of ether oxygens (including phenoxy) is 1. The predicted molar refractivity (Wildman–Crippen MR) is 134 cm³/mol. The molecule has 0 saturated carbocycles. The molecule has 6 nitrogen and oxygen atoms in total. The number of nitrogens with one attached hydrogen (secondary N) is 1.